The fraction of sp³-hybridized carbons (Fsp3) is 0.458. The van der Waals surface area contributed by atoms with Crippen molar-refractivity contribution in [2.24, 2.45) is 0 Å². The Morgan fingerprint density at radius 1 is 1.14 bits per heavy atom. The molecular formula is C24H30N5O4S2+. The number of aryl methyl sites for hydroxylation is 2. The monoisotopic (exact) mass is 516 g/mol. The van der Waals surface area contributed by atoms with Gasteiger partial charge in [0.2, 0.25) is 10.0 Å². The number of hydrogen-bond donors (Lipinski definition) is 2. The topological polar surface area (TPSA) is 108 Å². The highest BCUT2D eigenvalue weighted by molar-refractivity contribution is 7.89. The average Bonchev–Trinajstić information content (AvgIpc) is 3.23. The molecule has 0 saturated carbocycles. The number of benzene rings is 1. The number of aromatic nitrogens is 2. The second kappa shape index (κ2) is 9.45. The maximum Gasteiger partial charge on any atom is 0.260 e. The summed E-state index contributed by atoms with van der Waals surface area (Å²) in [5.41, 5.74) is 1.64. The van der Waals surface area contributed by atoms with Crippen molar-refractivity contribution in [1.29, 1.82) is 0 Å². The summed E-state index contributed by atoms with van der Waals surface area (Å²) >= 11 is 1.66. The Balaban J connectivity index is 1.22. The van der Waals surface area contributed by atoms with Gasteiger partial charge in [0.25, 0.3) is 11.5 Å². The first kappa shape index (κ1) is 24.1. The summed E-state index contributed by atoms with van der Waals surface area (Å²) in [6.45, 7) is 3.30. The maximum absolute atomic E-state index is 12.9. The normalized spacial score (nSPS) is 17.2. The van der Waals surface area contributed by atoms with E-state index in [0.717, 1.165) is 46.9 Å². The number of piperazine rings is 1. The predicted molar refractivity (Wildman–Crippen MR) is 135 cm³/mol. The Morgan fingerprint density at radius 3 is 2.51 bits per heavy atom. The first-order chi connectivity index (χ1) is 16.7. The third-order valence-electron chi connectivity index (χ3n) is 6.93. The van der Waals surface area contributed by atoms with Crippen molar-refractivity contribution in [3.63, 3.8) is 0 Å². The van der Waals surface area contributed by atoms with Gasteiger partial charge in [-0.2, -0.15) is 0 Å². The van der Waals surface area contributed by atoms with Gasteiger partial charge in [-0.15, -0.1) is 11.3 Å². The minimum Gasteiger partial charge on any atom is -0.327 e. The molecule has 9 nitrogen and oxygen atoms in total. The van der Waals surface area contributed by atoms with Crippen LogP contribution in [0.1, 0.15) is 39.5 Å². The van der Waals surface area contributed by atoms with Gasteiger partial charge in [-0.1, -0.05) is 0 Å². The number of fused-ring (bicyclic) bond motifs is 3. The molecule has 1 saturated heterocycles. The number of hydrogen-bond acceptors (Lipinski definition) is 6. The van der Waals surface area contributed by atoms with Gasteiger partial charge in [0, 0.05) is 24.5 Å². The Morgan fingerprint density at radius 2 is 1.83 bits per heavy atom. The van der Waals surface area contributed by atoms with E-state index in [9.17, 15) is 18.0 Å². The van der Waals surface area contributed by atoms with Crippen molar-refractivity contribution in [2.45, 2.75) is 37.1 Å². The molecular weight excluding hydrogens is 486 g/mol. The van der Waals surface area contributed by atoms with Gasteiger partial charge in [-0.05, 0) is 55.5 Å². The standard InChI is InChI=1S/C24H29N5O4S2/c1-27(2)35(32,33)17-9-7-16(8-10-17)24(31)29-13-11-28(12-14-29)15-20-25-22(30)21-18-5-3-4-6-19(18)34-23(21)26-20/h7-10H,3-6,11-15H2,1-2H3,(H,25,26,30)/p+1. The zero-order chi connectivity index (χ0) is 24.7. The van der Waals surface area contributed by atoms with Crippen molar-refractivity contribution >= 4 is 37.5 Å². The molecule has 0 unspecified atom stereocenters. The van der Waals surface area contributed by atoms with E-state index in [-0.39, 0.29) is 16.4 Å². The number of quaternary nitrogens is 1. The van der Waals surface area contributed by atoms with E-state index in [2.05, 4.69) is 4.98 Å². The van der Waals surface area contributed by atoms with Crippen molar-refractivity contribution in [2.75, 3.05) is 40.3 Å². The minimum atomic E-state index is -3.52. The fourth-order valence-electron chi connectivity index (χ4n) is 4.89. The van der Waals surface area contributed by atoms with Crippen LogP contribution in [0.15, 0.2) is 34.0 Å². The van der Waals surface area contributed by atoms with Crippen LogP contribution in [-0.2, 0) is 29.4 Å². The molecule has 0 radical (unpaired) electrons. The summed E-state index contributed by atoms with van der Waals surface area (Å²) in [5.74, 6) is 0.600. The van der Waals surface area contributed by atoms with Crippen LogP contribution >= 0.6 is 11.3 Å². The molecule has 186 valence electrons. The Labute approximate surface area is 208 Å². The van der Waals surface area contributed by atoms with Crippen molar-refractivity contribution in [3.8, 4) is 0 Å². The molecule has 1 aliphatic carbocycles. The molecule has 1 fully saturated rings. The van der Waals surface area contributed by atoms with E-state index < -0.39 is 10.0 Å². The zero-order valence-electron chi connectivity index (χ0n) is 20.0. The third-order valence-corrected chi connectivity index (χ3v) is 9.94. The Bertz CT molecular complexity index is 1420. The summed E-state index contributed by atoms with van der Waals surface area (Å²) in [5, 5.41) is 0.781. The minimum absolute atomic E-state index is 0.0302. The highest BCUT2D eigenvalue weighted by Gasteiger charge is 2.27. The molecule has 2 aliphatic rings. The number of carbonyl (C=O) groups excluding carboxylic acids is 1. The molecule has 0 spiro atoms. The first-order valence-corrected chi connectivity index (χ1v) is 14.2. The second-order valence-corrected chi connectivity index (χ2v) is 12.7. The predicted octanol–water partition coefficient (Wildman–Crippen LogP) is 0.655. The SMILES string of the molecule is CN(C)S(=O)(=O)c1ccc(C(=O)N2CC[NH+](Cc3nc4sc5c(c4c(=O)[nH]3)CCCC5)CC2)cc1. The highest BCUT2D eigenvalue weighted by Crippen LogP contribution is 2.33. The Hall–Kier alpha value is -2.60. The number of aromatic amines is 1. The number of nitrogens with one attached hydrogen (secondary N) is 2. The quantitative estimate of drug-likeness (QED) is 0.518. The molecule has 11 heteroatoms. The molecule has 1 aromatic carbocycles. The van der Waals surface area contributed by atoms with Crippen LogP contribution in [0, 0.1) is 0 Å². The Kier molecular flexibility index (Phi) is 6.51. The van der Waals surface area contributed by atoms with Crippen LogP contribution in [0.4, 0.5) is 0 Å². The van der Waals surface area contributed by atoms with Crippen LogP contribution in [-0.4, -0.2) is 73.8 Å². The average molecular weight is 517 g/mol. The van der Waals surface area contributed by atoms with E-state index in [1.54, 1.807) is 28.4 Å². The van der Waals surface area contributed by atoms with Gasteiger partial charge in [-0.3, -0.25) is 9.59 Å². The third kappa shape index (κ3) is 4.65. The number of H-pyrrole nitrogens is 1. The van der Waals surface area contributed by atoms with Crippen molar-refractivity contribution in [3.05, 3.63) is 56.4 Å². The van der Waals surface area contributed by atoms with Crippen LogP contribution in [0.2, 0.25) is 0 Å². The second-order valence-electron chi connectivity index (χ2n) is 9.43. The summed E-state index contributed by atoms with van der Waals surface area (Å²) in [6, 6.07) is 6.10. The number of nitrogens with zero attached hydrogens (tertiary/aromatic N) is 3. The number of amides is 1. The van der Waals surface area contributed by atoms with Gasteiger partial charge in [0.05, 0.1) is 36.5 Å². The summed E-state index contributed by atoms with van der Waals surface area (Å²) < 4.78 is 25.6. The lowest BCUT2D eigenvalue weighted by Gasteiger charge is -2.32. The first-order valence-electron chi connectivity index (χ1n) is 11.9. The van der Waals surface area contributed by atoms with E-state index in [0.29, 0.717) is 31.0 Å². The number of rotatable bonds is 5. The van der Waals surface area contributed by atoms with Crippen LogP contribution in [0.5, 0.6) is 0 Å². The largest absolute Gasteiger partial charge is 0.327 e. The molecule has 1 amide bonds. The van der Waals surface area contributed by atoms with Crippen LogP contribution in [0.25, 0.3) is 10.2 Å². The van der Waals surface area contributed by atoms with Gasteiger partial charge in [0.15, 0.2) is 5.82 Å². The molecule has 5 rings (SSSR count). The van der Waals surface area contributed by atoms with Crippen molar-refractivity contribution in [1.82, 2.24) is 19.2 Å². The number of carbonyl (C=O) groups is 1. The lowest BCUT2D eigenvalue weighted by atomic mass is 9.97. The molecule has 2 N–H and O–H groups in total. The van der Waals surface area contributed by atoms with E-state index >= 15 is 0 Å². The van der Waals surface area contributed by atoms with Crippen LogP contribution in [0.3, 0.4) is 0 Å². The molecule has 0 bridgehead atoms. The molecule has 2 aromatic heterocycles. The molecule has 3 heterocycles. The molecule has 0 atom stereocenters. The van der Waals surface area contributed by atoms with Gasteiger partial charge >= 0.3 is 0 Å². The smallest absolute Gasteiger partial charge is 0.260 e. The van der Waals surface area contributed by atoms with E-state index in [1.165, 1.54) is 48.0 Å². The van der Waals surface area contributed by atoms with Gasteiger partial charge in [-0.25, -0.2) is 17.7 Å². The van der Waals surface area contributed by atoms with E-state index in [1.807, 2.05) is 0 Å². The molecule has 35 heavy (non-hydrogen) atoms. The fourth-order valence-corrected chi connectivity index (χ4v) is 7.08. The highest BCUT2D eigenvalue weighted by atomic mass is 32.2. The molecule has 3 aromatic rings. The molecule has 1 aliphatic heterocycles. The summed E-state index contributed by atoms with van der Waals surface area (Å²) in [4.78, 5) is 38.9. The lowest BCUT2D eigenvalue weighted by Crippen LogP contribution is -3.13. The zero-order valence-corrected chi connectivity index (χ0v) is 21.6. The van der Waals surface area contributed by atoms with Crippen molar-refractivity contribution < 1.29 is 18.1 Å². The van der Waals surface area contributed by atoms with E-state index in [4.69, 9.17) is 4.98 Å². The lowest BCUT2D eigenvalue weighted by molar-refractivity contribution is -0.918. The maximum atomic E-state index is 12.9. The number of sulfonamides is 1. The van der Waals surface area contributed by atoms with Gasteiger partial charge in [0.1, 0.15) is 11.4 Å². The summed E-state index contributed by atoms with van der Waals surface area (Å²) in [6.07, 6.45) is 4.32. The number of thiophene rings is 1. The van der Waals surface area contributed by atoms with Gasteiger partial charge < -0.3 is 14.8 Å². The van der Waals surface area contributed by atoms with Crippen LogP contribution < -0.4 is 10.5 Å². The summed E-state index contributed by atoms with van der Waals surface area (Å²) in [7, 11) is -0.566.